The van der Waals surface area contributed by atoms with E-state index in [1.807, 2.05) is 0 Å². The highest BCUT2D eigenvalue weighted by atomic mass is 15.3. The summed E-state index contributed by atoms with van der Waals surface area (Å²) in [5.74, 6) is 0. The summed E-state index contributed by atoms with van der Waals surface area (Å²) >= 11 is 0. The van der Waals surface area contributed by atoms with Crippen LogP contribution in [0.15, 0.2) is 30.3 Å². The Balaban J connectivity index is 1.85. The number of piperazine rings is 1. The predicted octanol–water partition coefficient (Wildman–Crippen LogP) is 3.92. The van der Waals surface area contributed by atoms with E-state index in [2.05, 4.69) is 54.4 Å². The molecule has 1 saturated heterocycles. The van der Waals surface area contributed by atoms with E-state index in [1.165, 1.54) is 57.2 Å². The Morgan fingerprint density at radius 3 is 2.48 bits per heavy atom. The smallest absolute Gasteiger partial charge is 0.0558 e. The van der Waals surface area contributed by atoms with Gasteiger partial charge < -0.3 is 5.32 Å². The Kier molecular flexibility index (Phi) is 4.37. The zero-order chi connectivity index (χ0) is 14.8. The van der Waals surface area contributed by atoms with Crippen LogP contribution in [0.3, 0.4) is 0 Å². The van der Waals surface area contributed by atoms with Gasteiger partial charge in [0.05, 0.1) is 5.54 Å². The molecule has 21 heavy (non-hydrogen) atoms. The molecular weight excluding hydrogens is 256 g/mol. The van der Waals surface area contributed by atoms with Gasteiger partial charge in [0, 0.05) is 18.6 Å². The van der Waals surface area contributed by atoms with Crippen LogP contribution in [0.5, 0.6) is 0 Å². The normalized spacial score (nSPS) is 29.6. The van der Waals surface area contributed by atoms with E-state index >= 15 is 0 Å². The molecule has 1 atom stereocenters. The van der Waals surface area contributed by atoms with Gasteiger partial charge in [-0.3, -0.25) is 4.90 Å². The monoisotopic (exact) mass is 286 g/mol. The van der Waals surface area contributed by atoms with Gasteiger partial charge in [-0.25, -0.2) is 0 Å². The number of hydrogen-bond acceptors (Lipinski definition) is 2. The van der Waals surface area contributed by atoms with Crippen LogP contribution < -0.4 is 5.32 Å². The van der Waals surface area contributed by atoms with Crippen molar-refractivity contribution in [2.75, 3.05) is 19.6 Å². The third-order valence-electron chi connectivity index (χ3n) is 5.70. The minimum Gasteiger partial charge on any atom is -0.308 e. The molecule has 1 aliphatic carbocycles. The van der Waals surface area contributed by atoms with Crippen molar-refractivity contribution in [2.45, 2.75) is 63.5 Å². The summed E-state index contributed by atoms with van der Waals surface area (Å²) < 4.78 is 0. The lowest BCUT2D eigenvalue weighted by Gasteiger charge is -2.55. The van der Waals surface area contributed by atoms with Crippen molar-refractivity contribution in [1.29, 1.82) is 0 Å². The summed E-state index contributed by atoms with van der Waals surface area (Å²) in [7, 11) is 0. The Labute approximate surface area is 129 Å². The molecule has 0 amide bonds. The summed E-state index contributed by atoms with van der Waals surface area (Å²) in [6, 6.07) is 11.1. The molecule has 1 heterocycles. The molecule has 1 aromatic rings. The molecular formula is C19H30N2. The van der Waals surface area contributed by atoms with Crippen LogP contribution in [0.25, 0.3) is 0 Å². The SMILES string of the molecule is CCCN1CC2(CCCCC2)NCC1(C)c1ccccc1. The summed E-state index contributed by atoms with van der Waals surface area (Å²) in [6.45, 7) is 8.22. The average molecular weight is 286 g/mol. The molecule has 2 nitrogen and oxygen atoms in total. The Hall–Kier alpha value is -0.860. The number of benzene rings is 1. The van der Waals surface area contributed by atoms with Gasteiger partial charge in [-0.2, -0.15) is 0 Å². The van der Waals surface area contributed by atoms with Crippen LogP contribution in [0.2, 0.25) is 0 Å². The highest BCUT2D eigenvalue weighted by Crippen LogP contribution is 2.38. The Morgan fingerprint density at radius 2 is 1.81 bits per heavy atom. The third kappa shape index (κ3) is 2.89. The first-order chi connectivity index (χ1) is 10.2. The summed E-state index contributed by atoms with van der Waals surface area (Å²) in [6.07, 6.45) is 8.17. The van der Waals surface area contributed by atoms with E-state index in [0.29, 0.717) is 5.54 Å². The second-order valence-electron chi connectivity index (χ2n) is 7.26. The maximum absolute atomic E-state index is 3.97. The molecule has 2 aliphatic rings. The topological polar surface area (TPSA) is 15.3 Å². The molecule has 1 unspecified atom stereocenters. The number of nitrogens with zero attached hydrogens (tertiary/aromatic N) is 1. The van der Waals surface area contributed by atoms with E-state index in [1.54, 1.807) is 0 Å². The highest BCUT2D eigenvalue weighted by Gasteiger charge is 2.45. The van der Waals surface area contributed by atoms with E-state index in [4.69, 9.17) is 0 Å². The van der Waals surface area contributed by atoms with Crippen LogP contribution in [-0.2, 0) is 5.54 Å². The maximum atomic E-state index is 3.97. The first kappa shape index (κ1) is 15.1. The maximum Gasteiger partial charge on any atom is 0.0558 e. The number of rotatable bonds is 3. The molecule has 2 heteroatoms. The fourth-order valence-electron chi connectivity index (χ4n) is 4.31. The Bertz CT molecular complexity index is 450. The molecule has 0 bridgehead atoms. The number of hydrogen-bond donors (Lipinski definition) is 1. The molecule has 1 aromatic carbocycles. The van der Waals surface area contributed by atoms with Crippen LogP contribution in [0.4, 0.5) is 0 Å². The van der Waals surface area contributed by atoms with Gasteiger partial charge in [0.25, 0.3) is 0 Å². The zero-order valence-electron chi connectivity index (χ0n) is 13.7. The van der Waals surface area contributed by atoms with Gasteiger partial charge in [0.2, 0.25) is 0 Å². The Morgan fingerprint density at radius 1 is 1.10 bits per heavy atom. The first-order valence-corrected chi connectivity index (χ1v) is 8.74. The van der Waals surface area contributed by atoms with Gasteiger partial charge in [-0.15, -0.1) is 0 Å². The molecule has 1 N–H and O–H groups in total. The van der Waals surface area contributed by atoms with Crippen molar-refractivity contribution >= 4 is 0 Å². The quantitative estimate of drug-likeness (QED) is 0.906. The minimum atomic E-state index is 0.139. The van der Waals surface area contributed by atoms with Gasteiger partial charge in [0.15, 0.2) is 0 Å². The van der Waals surface area contributed by atoms with Crippen molar-refractivity contribution in [2.24, 2.45) is 0 Å². The fraction of sp³-hybridized carbons (Fsp3) is 0.684. The molecule has 1 aliphatic heterocycles. The molecule has 1 spiro atoms. The van der Waals surface area contributed by atoms with Crippen molar-refractivity contribution < 1.29 is 0 Å². The third-order valence-corrected chi connectivity index (χ3v) is 5.70. The number of nitrogens with one attached hydrogen (secondary N) is 1. The van der Waals surface area contributed by atoms with Crippen molar-refractivity contribution in [3.63, 3.8) is 0 Å². The molecule has 2 fully saturated rings. The van der Waals surface area contributed by atoms with Crippen LogP contribution in [0, 0.1) is 0 Å². The predicted molar refractivity (Wildman–Crippen MR) is 89.5 cm³/mol. The second kappa shape index (κ2) is 6.10. The fourth-order valence-corrected chi connectivity index (χ4v) is 4.31. The van der Waals surface area contributed by atoms with Gasteiger partial charge >= 0.3 is 0 Å². The van der Waals surface area contributed by atoms with Gasteiger partial charge in [0.1, 0.15) is 0 Å². The average Bonchev–Trinajstić information content (AvgIpc) is 2.53. The van der Waals surface area contributed by atoms with E-state index in [0.717, 1.165) is 6.54 Å². The highest BCUT2D eigenvalue weighted by molar-refractivity contribution is 5.26. The standard InChI is InChI=1S/C19H30N2/c1-3-14-21-16-19(12-8-5-9-13-19)20-15-18(21,2)17-10-6-4-7-11-17/h4,6-7,10-11,20H,3,5,8-9,12-16H2,1-2H3. The van der Waals surface area contributed by atoms with Gasteiger partial charge in [-0.05, 0) is 38.3 Å². The van der Waals surface area contributed by atoms with Crippen molar-refractivity contribution in [3.05, 3.63) is 35.9 Å². The molecule has 116 valence electrons. The lowest BCUT2D eigenvalue weighted by atomic mass is 9.76. The van der Waals surface area contributed by atoms with Crippen LogP contribution in [-0.4, -0.2) is 30.1 Å². The van der Waals surface area contributed by atoms with E-state index < -0.39 is 0 Å². The van der Waals surface area contributed by atoms with Gasteiger partial charge in [-0.1, -0.05) is 56.5 Å². The molecule has 0 aromatic heterocycles. The van der Waals surface area contributed by atoms with Crippen molar-refractivity contribution in [1.82, 2.24) is 10.2 Å². The lowest BCUT2D eigenvalue weighted by molar-refractivity contribution is -0.00198. The lowest BCUT2D eigenvalue weighted by Crippen LogP contribution is -2.68. The summed E-state index contributed by atoms with van der Waals surface area (Å²) in [4.78, 5) is 2.75. The first-order valence-electron chi connectivity index (χ1n) is 8.74. The van der Waals surface area contributed by atoms with Crippen LogP contribution in [0.1, 0.15) is 57.9 Å². The molecule has 0 radical (unpaired) electrons. The van der Waals surface area contributed by atoms with Crippen LogP contribution >= 0.6 is 0 Å². The van der Waals surface area contributed by atoms with E-state index in [-0.39, 0.29) is 5.54 Å². The zero-order valence-corrected chi connectivity index (χ0v) is 13.7. The van der Waals surface area contributed by atoms with E-state index in [9.17, 15) is 0 Å². The largest absolute Gasteiger partial charge is 0.308 e. The summed E-state index contributed by atoms with van der Waals surface area (Å²) in [5, 5.41) is 3.97. The van der Waals surface area contributed by atoms with Crippen molar-refractivity contribution in [3.8, 4) is 0 Å². The molecule has 3 rings (SSSR count). The molecule has 1 saturated carbocycles. The summed E-state index contributed by atoms with van der Waals surface area (Å²) in [5.41, 5.74) is 1.98. The second-order valence-corrected chi connectivity index (χ2v) is 7.26. The minimum absolute atomic E-state index is 0.139.